The zero-order chi connectivity index (χ0) is 20.8. The summed E-state index contributed by atoms with van der Waals surface area (Å²) >= 11 is 0. The Bertz CT molecular complexity index is 517. The second-order valence-corrected chi connectivity index (χ2v) is 8.51. The van der Waals surface area contributed by atoms with Crippen LogP contribution in [0.2, 0.25) is 0 Å². The molecule has 4 heteroatoms. The molecule has 0 unspecified atom stereocenters. The number of carbonyl (C=O) groups is 3. The number of rotatable bonds is 15. The molecule has 0 spiro atoms. The molecule has 0 bridgehead atoms. The smallest absolute Gasteiger partial charge is 0.374 e. The first-order valence-electron chi connectivity index (χ1n) is 11.2. The van der Waals surface area contributed by atoms with Crippen LogP contribution in [0.3, 0.4) is 0 Å². The number of ether oxygens (including phenoxy) is 1. The highest BCUT2D eigenvalue weighted by atomic mass is 16.5. The maximum absolute atomic E-state index is 12.2. The highest BCUT2D eigenvalue weighted by Crippen LogP contribution is 2.36. The molecule has 1 aliphatic rings. The number of unbranched alkanes of at least 4 members (excludes halogenated alkanes) is 7. The SMILES string of the molecule is COC(=O)C(=O)CCCCC[C@H]1C(=O)CC[C@@H]1CCCCCCCC=C(C)C. The second kappa shape index (κ2) is 14.5. The fourth-order valence-electron chi connectivity index (χ4n) is 4.23. The van der Waals surface area contributed by atoms with Crippen LogP contribution in [-0.2, 0) is 19.1 Å². The monoisotopic (exact) mass is 392 g/mol. The van der Waals surface area contributed by atoms with Crippen molar-refractivity contribution in [2.24, 2.45) is 11.8 Å². The molecule has 1 aliphatic carbocycles. The Morgan fingerprint density at radius 1 is 0.964 bits per heavy atom. The van der Waals surface area contributed by atoms with E-state index >= 15 is 0 Å². The molecule has 1 saturated carbocycles. The third-order valence-electron chi connectivity index (χ3n) is 5.91. The minimum Gasteiger partial charge on any atom is -0.463 e. The van der Waals surface area contributed by atoms with Gasteiger partial charge in [-0.1, -0.05) is 50.2 Å². The quantitative estimate of drug-likeness (QED) is 0.149. The van der Waals surface area contributed by atoms with Crippen LogP contribution in [0.5, 0.6) is 0 Å². The molecule has 0 aromatic heterocycles. The van der Waals surface area contributed by atoms with Crippen LogP contribution in [0, 0.1) is 11.8 Å². The average Bonchev–Trinajstić information content (AvgIpc) is 3.02. The fourth-order valence-corrected chi connectivity index (χ4v) is 4.23. The van der Waals surface area contributed by atoms with Crippen LogP contribution in [0.1, 0.15) is 104 Å². The molecule has 160 valence electrons. The predicted molar refractivity (Wildman–Crippen MR) is 113 cm³/mol. The summed E-state index contributed by atoms with van der Waals surface area (Å²) < 4.78 is 4.43. The van der Waals surface area contributed by atoms with Gasteiger partial charge in [0, 0.05) is 18.8 Å². The zero-order valence-electron chi connectivity index (χ0n) is 18.3. The molecular formula is C24H40O4. The Morgan fingerprint density at radius 2 is 1.61 bits per heavy atom. The summed E-state index contributed by atoms with van der Waals surface area (Å²) in [5.74, 6) is 0.0438. The largest absolute Gasteiger partial charge is 0.463 e. The molecular weight excluding hydrogens is 352 g/mol. The Kier molecular flexibility index (Phi) is 12.8. The van der Waals surface area contributed by atoms with Crippen molar-refractivity contribution in [1.29, 1.82) is 0 Å². The number of hydrogen-bond acceptors (Lipinski definition) is 4. The lowest BCUT2D eigenvalue weighted by Crippen LogP contribution is -2.16. The van der Waals surface area contributed by atoms with Gasteiger partial charge in [-0.3, -0.25) is 9.59 Å². The van der Waals surface area contributed by atoms with Gasteiger partial charge in [-0.2, -0.15) is 0 Å². The van der Waals surface area contributed by atoms with Gasteiger partial charge in [0.25, 0.3) is 0 Å². The zero-order valence-corrected chi connectivity index (χ0v) is 18.3. The molecule has 0 amide bonds. The summed E-state index contributed by atoms with van der Waals surface area (Å²) in [6, 6.07) is 0. The van der Waals surface area contributed by atoms with Gasteiger partial charge in [-0.25, -0.2) is 4.79 Å². The van der Waals surface area contributed by atoms with Crippen molar-refractivity contribution < 1.29 is 19.1 Å². The van der Waals surface area contributed by atoms with Gasteiger partial charge in [0.1, 0.15) is 5.78 Å². The van der Waals surface area contributed by atoms with E-state index in [0.29, 0.717) is 18.1 Å². The molecule has 0 saturated heterocycles. The minimum absolute atomic E-state index is 0.231. The number of Topliss-reactive ketones (excluding diaryl/α,β-unsaturated/α-hetero) is 2. The molecule has 0 aliphatic heterocycles. The molecule has 0 N–H and O–H groups in total. The first kappa shape index (κ1) is 24.6. The standard InChI is InChI=1S/C24H40O4/c1-19(2)13-9-6-4-5-7-10-14-20-17-18-22(25)21(20)15-11-8-12-16-23(26)24(27)28-3/h13,20-21H,4-12,14-18H2,1-3H3/t20-,21+/m0/s1. The first-order chi connectivity index (χ1) is 13.5. The Morgan fingerprint density at radius 3 is 2.32 bits per heavy atom. The van der Waals surface area contributed by atoms with Crippen LogP contribution in [0.15, 0.2) is 11.6 Å². The van der Waals surface area contributed by atoms with Gasteiger partial charge in [0.15, 0.2) is 0 Å². The predicted octanol–water partition coefficient (Wildman–Crippen LogP) is 5.97. The van der Waals surface area contributed by atoms with E-state index in [1.807, 2.05) is 0 Å². The molecule has 0 heterocycles. The molecule has 1 fully saturated rings. The summed E-state index contributed by atoms with van der Waals surface area (Å²) in [6.45, 7) is 4.31. The van der Waals surface area contributed by atoms with Gasteiger partial charge in [0.2, 0.25) is 5.78 Å². The van der Waals surface area contributed by atoms with Crippen LogP contribution < -0.4 is 0 Å². The summed E-state index contributed by atoms with van der Waals surface area (Å²) in [6.07, 6.45) is 16.7. The van der Waals surface area contributed by atoms with Gasteiger partial charge >= 0.3 is 5.97 Å². The Hall–Kier alpha value is -1.45. The lowest BCUT2D eigenvalue weighted by Gasteiger charge is -2.18. The van der Waals surface area contributed by atoms with Gasteiger partial charge in [-0.05, 0) is 58.3 Å². The molecule has 4 nitrogen and oxygen atoms in total. The lowest BCUT2D eigenvalue weighted by molar-refractivity contribution is -0.151. The summed E-state index contributed by atoms with van der Waals surface area (Å²) in [5, 5.41) is 0. The van der Waals surface area contributed by atoms with E-state index in [-0.39, 0.29) is 12.3 Å². The number of carbonyl (C=O) groups excluding carboxylic acids is 3. The van der Waals surface area contributed by atoms with Crippen molar-refractivity contribution in [3.05, 3.63) is 11.6 Å². The number of ketones is 2. The molecule has 1 rings (SSSR count). The second-order valence-electron chi connectivity index (χ2n) is 8.51. The van der Waals surface area contributed by atoms with Crippen molar-refractivity contribution in [2.45, 2.75) is 104 Å². The number of esters is 1. The van der Waals surface area contributed by atoms with Crippen LogP contribution >= 0.6 is 0 Å². The number of methoxy groups -OCH3 is 1. The van der Waals surface area contributed by atoms with Crippen molar-refractivity contribution in [2.75, 3.05) is 7.11 Å². The normalized spacial score (nSPS) is 18.9. The van der Waals surface area contributed by atoms with Gasteiger partial charge in [-0.15, -0.1) is 0 Å². The van der Waals surface area contributed by atoms with Crippen LogP contribution in [-0.4, -0.2) is 24.6 Å². The summed E-state index contributed by atoms with van der Waals surface area (Å²) in [7, 11) is 1.23. The van der Waals surface area contributed by atoms with Crippen LogP contribution in [0.4, 0.5) is 0 Å². The van der Waals surface area contributed by atoms with E-state index in [1.54, 1.807) is 0 Å². The van der Waals surface area contributed by atoms with E-state index in [9.17, 15) is 14.4 Å². The van der Waals surface area contributed by atoms with E-state index < -0.39 is 11.8 Å². The third-order valence-corrected chi connectivity index (χ3v) is 5.91. The topological polar surface area (TPSA) is 60.4 Å². The molecule has 28 heavy (non-hydrogen) atoms. The molecule has 2 atom stereocenters. The maximum Gasteiger partial charge on any atom is 0.374 e. The number of hydrogen-bond donors (Lipinski definition) is 0. The highest BCUT2D eigenvalue weighted by Gasteiger charge is 2.33. The van der Waals surface area contributed by atoms with Gasteiger partial charge in [0.05, 0.1) is 7.11 Å². The van der Waals surface area contributed by atoms with E-state index in [1.165, 1.54) is 57.6 Å². The van der Waals surface area contributed by atoms with Crippen molar-refractivity contribution >= 4 is 17.5 Å². The number of allylic oxidation sites excluding steroid dienone is 2. The van der Waals surface area contributed by atoms with E-state index in [0.717, 1.165) is 32.1 Å². The molecule has 0 aromatic rings. The highest BCUT2D eigenvalue weighted by molar-refractivity contribution is 6.33. The molecule has 0 aromatic carbocycles. The lowest BCUT2D eigenvalue weighted by atomic mass is 9.86. The fraction of sp³-hybridized carbons (Fsp3) is 0.792. The average molecular weight is 393 g/mol. The van der Waals surface area contributed by atoms with E-state index in [4.69, 9.17) is 0 Å². The maximum atomic E-state index is 12.2. The van der Waals surface area contributed by atoms with E-state index in [2.05, 4.69) is 24.7 Å². The van der Waals surface area contributed by atoms with Crippen LogP contribution in [0.25, 0.3) is 0 Å². The Balaban J connectivity index is 2.13. The molecule has 0 radical (unpaired) electrons. The first-order valence-corrected chi connectivity index (χ1v) is 11.2. The van der Waals surface area contributed by atoms with Crippen molar-refractivity contribution in [1.82, 2.24) is 0 Å². The van der Waals surface area contributed by atoms with Crippen molar-refractivity contribution in [3.8, 4) is 0 Å². The third kappa shape index (κ3) is 10.2. The Labute approximate surface area is 171 Å². The van der Waals surface area contributed by atoms with Gasteiger partial charge < -0.3 is 4.74 Å². The summed E-state index contributed by atoms with van der Waals surface area (Å²) in [4.78, 5) is 34.7. The summed E-state index contributed by atoms with van der Waals surface area (Å²) in [5.41, 5.74) is 1.41. The minimum atomic E-state index is -0.747. The van der Waals surface area contributed by atoms with Crippen molar-refractivity contribution in [3.63, 3.8) is 0 Å².